The van der Waals surface area contributed by atoms with Crippen LogP contribution in [0.25, 0.3) is 28.1 Å². The molecule has 0 aliphatic heterocycles. The standard InChI is InChI=1S/C32H33N3O6/c1-20(36)41-32-28(21-14-16-24(17-15-21)33-31(37)22-10-8-9-11-22)29(34-35(32)25-12-6-5-7-13-25)23-18-26(38-2)30(40-4)27(19-23)39-3/h5-7,12-19,22H,8-11H2,1-4H3,(H,33,37). The monoisotopic (exact) mass is 555 g/mol. The minimum atomic E-state index is -0.486. The fraction of sp³-hybridized carbons (Fsp3) is 0.281. The van der Waals surface area contributed by atoms with Gasteiger partial charge in [0.2, 0.25) is 17.5 Å². The van der Waals surface area contributed by atoms with Crippen molar-refractivity contribution >= 4 is 17.6 Å². The molecule has 41 heavy (non-hydrogen) atoms. The first-order chi connectivity index (χ1) is 19.9. The van der Waals surface area contributed by atoms with E-state index in [1.807, 2.05) is 54.6 Å². The van der Waals surface area contributed by atoms with Gasteiger partial charge in [-0.3, -0.25) is 9.59 Å². The van der Waals surface area contributed by atoms with Gasteiger partial charge in [0, 0.05) is 24.1 Å². The lowest BCUT2D eigenvalue weighted by molar-refractivity contribution is -0.132. The number of hydrogen-bond acceptors (Lipinski definition) is 7. The molecule has 212 valence electrons. The van der Waals surface area contributed by atoms with Crippen LogP contribution in [0.5, 0.6) is 23.1 Å². The maximum absolute atomic E-state index is 12.7. The van der Waals surface area contributed by atoms with Crippen molar-refractivity contribution in [2.24, 2.45) is 5.92 Å². The van der Waals surface area contributed by atoms with Crippen LogP contribution in [0, 0.1) is 5.92 Å². The topological polar surface area (TPSA) is 101 Å². The van der Waals surface area contributed by atoms with Gasteiger partial charge in [-0.1, -0.05) is 43.2 Å². The van der Waals surface area contributed by atoms with Gasteiger partial charge in [0.25, 0.3) is 0 Å². The summed E-state index contributed by atoms with van der Waals surface area (Å²) >= 11 is 0. The van der Waals surface area contributed by atoms with Crippen LogP contribution in [0.4, 0.5) is 5.69 Å². The Morgan fingerprint density at radius 3 is 2.05 bits per heavy atom. The second-order valence-electron chi connectivity index (χ2n) is 9.83. The first-order valence-corrected chi connectivity index (χ1v) is 13.5. The number of nitrogens with one attached hydrogen (secondary N) is 1. The smallest absolute Gasteiger partial charge is 0.309 e. The maximum Gasteiger partial charge on any atom is 0.309 e. The number of nitrogens with zero attached hydrogens (tertiary/aromatic N) is 2. The van der Waals surface area contributed by atoms with E-state index >= 15 is 0 Å². The molecular formula is C32H33N3O6. The molecule has 1 heterocycles. The van der Waals surface area contributed by atoms with Crippen molar-refractivity contribution < 1.29 is 28.5 Å². The van der Waals surface area contributed by atoms with E-state index in [0.29, 0.717) is 45.4 Å². The Kier molecular flexibility index (Phi) is 8.24. The number of carbonyl (C=O) groups is 2. The summed E-state index contributed by atoms with van der Waals surface area (Å²) in [5.74, 6) is 1.25. The summed E-state index contributed by atoms with van der Waals surface area (Å²) in [6.45, 7) is 1.35. The van der Waals surface area contributed by atoms with Crippen molar-refractivity contribution in [1.29, 1.82) is 0 Å². The molecule has 0 unspecified atom stereocenters. The predicted molar refractivity (Wildman–Crippen MR) is 156 cm³/mol. The second-order valence-corrected chi connectivity index (χ2v) is 9.83. The van der Waals surface area contributed by atoms with Gasteiger partial charge in [0.1, 0.15) is 5.69 Å². The lowest BCUT2D eigenvalue weighted by Gasteiger charge is -2.14. The van der Waals surface area contributed by atoms with Crippen LogP contribution in [0.1, 0.15) is 32.6 Å². The number of rotatable bonds is 9. The van der Waals surface area contributed by atoms with Gasteiger partial charge < -0.3 is 24.3 Å². The molecule has 1 saturated carbocycles. The summed E-state index contributed by atoms with van der Waals surface area (Å²) in [7, 11) is 4.64. The Hall–Kier alpha value is -4.79. The third kappa shape index (κ3) is 5.75. The van der Waals surface area contributed by atoms with Gasteiger partial charge in [0.15, 0.2) is 11.5 Å². The fourth-order valence-electron chi connectivity index (χ4n) is 5.21. The number of methoxy groups -OCH3 is 3. The second kappa shape index (κ2) is 12.2. The quantitative estimate of drug-likeness (QED) is 0.242. The summed E-state index contributed by atoms with van der Waals surface area (Å²) in [4.78, 5) is 25.0. The van der Waals surface area contributed by atoms with E-state index in [-0.39, 0.29) is 17.7 Å². The maximum atomic E-state index is 12.7. The van der Waals surface area contributed by atoms with Gasteiger partial charge in [-0.05, 0) is 54.8 Å². The Labute approximate surface area is 239 Å². The largest absolute Gasteiger partial charge is 0.493 e. The van der Waals surface area contributed by atoms with E-state index in [1.54, 1.807) is 38.1 Å². The van der Waals surface area contributed by atoms with Gasteiger partial charge in [0.05, 0.1) is 32.6 Å². The van der Waals surface area contributed by atoms with Crippen molar-refractivity contribution in [2.75, 3.05) is 26.6 Å². The van der Waals surface area contributed by atoms with Gasteiger partial charge >= 0.3 is 5.97 Å². The molecule has 5 rings (SSSR count). The summed E-state index contributed by atoms with van der Waals surface area (Å²) in [6, 6.07) is 20.5. The lowest BCUT2D eigenvalue weighted by atomic mass is 10.00. The SMILES string of the molecule is COc1cc(-c2nn(-c3ccccc3)c(OC(C)=O)c2-c2ccc(NC(=O)C3CCCC3)cc2)cc(OC)c1OC. The van der Waals surface area contributed by atoms with Crippen molar-refractivity contribution in [1.82, 2.24) is 9.78 Å². The highest BCUT2D eigenvalue weighted by molar-refractivity contribution is 5.94. The summed E-state index contributed by atoms with van der Waals surface area (Å²) < 4.78 is 24.1. The van der Waals surface area contributed by atoms with Crippen LogP contribution >= 0.6 is 0 Å². The van der Waals surface area contributed by atoms with Crippen LogP contribution in [-0.4, -0.2) is 43.0 Å². The Morgan fingerprint density at radius 2 is 1.49 bits per heavy atom. The van der Waals surface area contributed by atoms with Crippen LogP contribution in [0.2, 0.25) is 0 Å². The van der Waals surface area contributed by atoms with E-state index < -0.39 is 5.97 Å². The fourth-order valence-corrected chi connectivity index (χ4v) is 5.21. The molecule has 1 N–H and O–H groups in total. The zero-order chi connectivity index (χ0) is 28.9. The predicted octanol–water partition coefficient (Wildman–Crippen LogP) is 6.29. The molecule has 1 aliphatic carbocycles. The van der Waals surface area contributed by atoms with Gasteiger partial charge in [-0.2, -0.15) is 9.78 Å². The normalized spacial score (nSPS) is 13.1. The van der Waals surface area contributed by atoms with Crippen LogP contribution in [0.15, 0.2) is 66.7 Å². The highest BCUT2D eigenvalue weighted by Gasteiger charge is 2.27. The number of carbonyl (C=O) groups excluding carboxylic acids is 2. The molecule has 0 saturated heterocycles. The molecule has 0 atom stereocenters. The van der Waals surface area contributed by atoms with E-state index in [2.05, 4.69) is 5.32 Å². The van der Waals surface area contributed by atoms with Crippen molar-refractivity contribution in [2.45, 2.75) is 32.6 Å². The van der Waals surface area contributed by atoms with Crippen LogP contribution < -0.4 is 24.3 Å². The number of anilines is 1. The third-order valence-corrected chi connectivity index (χ3v) is 7.19. The van der Waals surface area contributed by atoms with Crippen molar-refractivity contribution in [3.8, 4) is 51.2 Å². The third-order valence-electron chi connectivity index (χ3n) is 7.19. The number of benzene rings is 3. The number of aromatic nitrogens is 2. The molecule has 1 aliphatic rings. The van der Waals surface area contributed by atoms with E-state index in [4.69, 9.17) is 24.0 Å². The van der Waals surface area contributed by atoms with Crippen LogP contribution in [0.3, 0.4) is 0 Å². The summed E-state index contributed by atoms with van der Waals surface area (Å²) in [6.07, 6.45) is 4.02. The average Bonchev–Trinajstić information content (AvgIpc) is 3.66. The highest BCUT2D eigenvalue weighted by Crippen LogP contribution is 2.46. The van der Waals surface area contributed by atoms with Crippen LogP contribution in [-0.2, 0) is 9.59 Å². The zero-order valence-electron chi connectivity index (χ0n) is 23.6. The number of ether oxygens (including phenoxy) is 4. The van der Waals surface area contributed by atoms with Gasteiger partial charge in [-0.25, -0.2) is 0 Å². The Morgan fingerprint density at radius 1 is 0.854 bits per heavy atom. The molecule has 9 nitrogen and oxygen atoms in total. The molecule has 1 aromatic heterocycles. The number of amides is 1. The molecule has 1 fully saturated rings. The zero-order valence-corrected chi connectivity index (χ0v) is 23.6. The molecule has 4 aromatic rings. The van der Waals surface area contributed by atoms with E-state index in [0.717, 1.165) is 31.2 Å². The van der Waals surface area contributed by atoms with Crippen molar-refractivity contribution in [3.63, 3.8) is 0 Å². The lowest BCUT2D eigenvalue weighted by Crippen LogP contribution is -2.20. The van der Waals surface area contributed by atoms with Crippen molar-refractivity contribution in [3.05, 3.63) is 66.7 Å². The highest BCUT2D eigenvalue weighted by atomic mass is 16.5. The number of esters is 1. The minimum absolute atomic E-state index is 0.0471. The van der Waals surface area contributed by atoms with E-state index in [9.17, 15) is 9.59 Å². The summed E-state index contributed by atoms with van der Waals surface area (Å²) in [5.41, 5.74) is 3.94. The average molecular weight is 556 g/mol. The Balaban J connectivity index is 1.67. The minimum Gasteiger partial charge on any atom is -0.493 e. The summed E-state index contributed by atoms with van der Waals surface area (Å²) in [5, 5.41) is 7.96. The van der Waals surface area contributed by atoms with Gasteiger partial charge in [-0.15, -0.1) is 0 Å². The first-order valence-electron chi connectivity index (χ1n) is 13.5. The molecular weight excluding hydrogens is 522 g/mol. The number of para-hydroxylation sites is 1. The Bertz CT molecular complexity index is 1510. The first kappa shape index (κ1) is 27.8. The molecule has 0 bridgehead atoms. The number of hydrogen-bond donors (Lipinski definition) is 1. The van der Waals surface area contributed by atoms with E-state index in [1.165, 1.54) is 6.92 Å². The molecule has 0 spiro atoms. The molecule has 9 heteroatoms. The molecule has 1 amide bonds. The molecule has 0 radical (unpaired) electrons. The molecule has 3 aromatic carbocycles.